The van der Waals surface area contributed by atoms with E-state index in [2.05, 4.69) is 0 Å². The van der Waals surface area contributed by atoms with Gasteiger partial charge in [0.05, 0.1) is 0 Å². The van der Waals surface area contributed by atoms with Gasteiger partial charge in [-0.15, -0.1) is 0 Å². The lowest BCUT2D eigenvalue weighted by Gasteiger charge is -2.34. The van der Waals surface area contributed by atoms with Crippen LogP contribution in [0.5, 0.6) is 0 Å². The molecule has 0 aromatic heterocycles. The maximum atomic E-state index is 11.3. The summed E-state index contributed by atoms with van der Waals surface area (Å²) in [5.41, 5.74) is 0.367. The van der Waals surface area contributed by atoms with Crippen molar-refractivity contribution in [2.24, 2.45) is 0 Å². The summed E-state index contributed by atoms with van der Waals surface area (Å²) in [4.78, 5) is 33.8. The van der Waals surface area contributed by atoms with Gasteiger partial charge in [-0.2, -0.15) is 0 Å². The number of carbonyl (C=O) groups excluding carboxylic acids is 3. The molecule has 6 nitrogen and oxygen atoms in total. The Labute approximate surface area is 122 Å². The van der Waals surface area contributed by atoms with Gasteiger partial charge in [0.25, 0.3) is 26.2 Å². The van der Waals surface area contributed by atoms with Gasteiger partial charge in [-0.25, -0.2) is 0 Å². The molecule has 0 aromatic rings. The van der Waals surface area contributed by atoms with Crippen molar-refractivity contribution in [2.75, 3.05) is 0 Å². The second kappa shape index (κ2) is 7.58. The number of carbonyl (C=O) groups is 3. The minimum atomic E-state index is -3.03. The Kier molecular flexibility index (Phi) is 7.14. The molecular weight excluding hydrogens is 296 g/mol. The van der Waals surface area contributed by atoms with Gasteiger partial charge in [0.2, 0.25) is 0 Å². The van der Waals surface area contributed by atoms with Crippen molar-refractivity contribution in [1.82, 2.24) is 0 Å². The van der Waals surface area contributed by atoms with Gasteiger partial charge in [0.15, 0.2) is 0 Å². The maximum absolute atomic E-state index is 11.3. The van der Waals surface area contributed by atoms with E-state index in [1.807, 2.05) is 13.8 Å². The van der Waals surface area contributed by atoms with Crippen LogP contribution in [-0.4, -0.2) is 34.8 Å². The molecule has 0 saturated heterocycles. The number of hydrogen-bond donors (Lipinski definition) is 0. The zero-order valence-corrected chi connectivity index (χ0v) is 15.1. The zero-order chi connectivity index (χ0) is 16.0. The van der Waals surface area contributed by atoms with E-state index >= 15 is 0 Å². The highest BCUT2D eigenvalue weighted by Gasteiger charge is 2.50. The van der Waals surface area contributed by atoms with Crippen LogP contribution in [-0.2, 0) is 27.7 Å². The van der Waals surface area contributed by atoms with Gasteiger partial charge in [0.1, 0.15) is 0 Å². The smallest absolute Gasteiger partial charge is 0.461 e. The molecular formula is C12H24O6Si2. The lowest BCUT2D eigenvalue weighted by molar-refractivity contribution is -0.138. The first-order valence-electron chi connectivity index (χ1n) is 6.67. The van der Waals surface area contributed by atoms with Gasteiger partial charge < -0.3 is 13.3 Å². The Morgan fingerprint density at radius 3 is 1.40 bits per heavy atom. The van der Waals surface area contributed by atoms with E-state index in [1.165, 1.54) is 20.8 Å². The van der Waals surface area contributed by atoms with E-state index in [0.717, 1.165) is 0 Å². The molecule has 20 heavy (non-hydrogen) atoms. The highest BCUT2D eigenvalue weighted by Crippen LogP contribution is 2.29. The van der Waals surface area contributed by atoms with Gasteiger partial charge >= 0.3 is 8.56 Å². The maximum Gasteiger partial charge on any atom is 0.461 e. The summed E-state index contributed by atoms with van der Waals surface area (Å²) in [5, 5.41) is 0. The summed E-state index contributed by atoms with van der Waals surface area (Å²) in [6, 6.07) is 1.38. The van der Waals surface area contributed by atoms with Crippen molar-refractivity contribution >= 4 is 34.8 Å². The van der Waals surface area contributed by atoms with Crippen molar-refractivity contribution in [1.29, 1.82) is 0 Å². The standard InChI is InChI=1S/C12H24O6Si2/c1-7-20(8-2,18-12(5)15)9-19(6,16-10(3)13)17-11(4)14/h7-9H2,1-6H3. The quantitative estimate of drug-likeness (QED) is 0.670. The monoisotopic (exact) mass is 320 g/mol. The predicted molar refractivity (Wildman–Crippen MR) is 78.4 cm³/mol. The molecule has 0 heterocycles. The van der Waals surface area contributed by atoms with Crippen LogP contribution < -0.4 is 0 Å². The van der Waals surface area contributed by atoms with Crippen molar-refractivity contribution in [2.45, 2.75) is 58.9 Å². The first-order chi connectivity index (χ1) is 9.08. The topological polar surface area (TPSA) is 78.9 Å². The fraction of sp³-hybridized carbons (Fsp3) is 0.750. The lowest BCUT2D eigenvalue weighted by Crippen LogP contribution is -2.52. The Morgan fingerprint density at radius 1 is 0.800 bits per heavy atom. The van der Waals surface area contributed by atoms with Gasteiger partial charge in [-0.05, 0) is 12.1 Å². The molecule has 0 N–H and O–H groups in total. The molecule has 0 aliphatic rings. The largest absolute Gasteiger partial charge is 0.519 e. The first-order valence-corrected chi connectivity index (χ1v) is 11.7. The summed E-state index contributed by atoms with van der Waals surface area (Å²) in [6.45, 7) is 9.46. The van der Waals surface area contributed by atoms with Crippen molar-refractivity contribution in [3.8, 4) is 0 Å². The fourth-order valence-corrected chi connectivity index (χ4v) is 12.5. The Balaban J connectivity index is 5.30. The van der Waals surface area contributed by atoms with Crippen LogP contribution in [0.4, 0.5) is 0 Å². The second-order valence-corrected chi connectivity index (χ2v) is 13.1. The summed E-state index contributed by atoms with van der Waals surface area (Å²) in [6.07, 6.45) is 0. The summed E-state index contributed by atoms with van der Waals surface area (Å²) in [5.74, 6) is -1.32. The van der Waals surface area contributed by atoms with E-state index in [4.69, 9.17) is 13.3 Å². The van der Waals surface area contributed by atoms with Gasteiger partial charge in [-0.1, -0.05) is 13.8 Å². The number of hydrogen-bond acceptors (Lipinski definition) is 6. The molecule has 0 spiro atoms. The molecule has 0 rings (SSSR count). The third-order valence-corrected chi connectivity index (χ3v) is 12.9. The summed E-state index contributed by atoms with van der Waals surface area (Å²) >= 11 is 0. The molecule has 0 unspecified atom stereocenters. The third-order valence-electron chi connectivity index (χ3n) is 3.01. The summed E-state index contributed by atoms with van der Waals surface area (Å²) in [7, 11) is -5.45. The SMILES string of the molecule is CC[Si](CC)(C[Si](C)(OC(C)=O)OC(C)=O)OC(C)=O. The molecule has 0 atom stereocenters. The second-order valence-electron chi connectivity index (χ2n) is 4.98. The Hall–Kier alpha value is -1.16. The average molecular weight is 320 g/mol. The van der Waals surface area contributed by atoms with Crippen molar-refractivity contribution in [3.05, 3.63) is 0 Å². The molecule has 0 fully saturated rings. The van der Waals surface area contributed by atoms with Crippen LogP contribution in [0.15, 0.2) is 0 Å². The van der Waals surface area contributed by atoms with Gasteiger partial charge in [0, 0.05) is 33.0 Å². The third kappa shape index (κ3) is 6.33. The minimum Gasteiger partial charge on any atom is -0.519 e. The highest BCUT2D eigenvalue weighted by molar-refractivity contribution is 6.90. The summed E-state index contributed by atoms with van der Waals surface area (Å²) < 4.78 is 16.1. The molecule has 0 aromatic carbocycles. The van der Waals surface area contributed by atoms with Crippen LogP contribution in [0.25, 0.3) is 0 Å². The van der Waals surface area contributed by atoms with Crippen LogP contribution in [0.2, 0.25) is 24.3 Å². The van der Waals surface area contributed by atoms with Crippen LogP contribution in [0.1, 0.15) is 34.6 Å². The van der Waals surface area contributed by atoms with E-state index in [1.54, 1.807) is 6.55 Å². The molecule has 0 saturated carbocycles. The lowest BCUT2D eigenvalue weighted by atomic mass is 10.9. The molecule has 0 aliphatic carbocycles. The van der Waals surface area contributed by atoms with Crippen LogP contribution in [0.3, 0.4) is 0 Å². The fourth-order valence-electron chi connectivity index (χ4n) is 2.27. The van der Waals surface area contributed by atoms with E-state index in [0.29, 0.717) is 17.8 Å². The molecule has 8 heteroatoms. The average Bonchev–Trinajstić information content (AvgIpc) is 2.24. The van der Waals surface area contributed by atoms with E-state index in [-0.39, 0.29) is 5.97 Å². The molecule has 0 radical (unpaired) electrons. The molecule has 0 amide bonds. The van der Waals surface area contributed by atoms with Crippen molar-refractivity contribution < 1.29 is 27.7 Å². The molecule has 116 valence electrons. The number of rotatable bonds is 7. The normalized spacial score (nSPS) is 11.7. The Bertz CT molecular complexity index is 362. The predicted octanol–water partition coefficient (Wildman–Crippen LogP) is 2.27. The molecule has 0 aliphatic heterocycles. The Morgan fingerprint density at radius 2 is 1.15 bits per heavy atom. The van der Waals surface area contributed by atoms with Crippen molar-refractivity contribution in [3.63, 3.8) is 0 Å². The van der Waals surface area contributed by atoms with E-state index in [9.17, 15) is 14.4 Å². The highest BCUT2D eigenvalue weighted by atomic mass is 28.4. The minimum absolute atomic E-state index is 0.345. The zero-order valence-electron chi connectivity index (χ0n) is 13.1. The van der Waals surface area contributed by atoms with E-state index < -0.39 is 28.8 Å². The van der Waals surface area contributed by atoms with Crippen LogP contribution >= 0.6 is 0 Å². The van der Waals surface area contributed by atoms with Gasteiger partial charge in [-0.3, -0.25) is 14.4 Å². The molecule has 0 bridgehead atoms. The van der Waals surface area contributed by atoms with Crippen LogP contribution in [0, 0.1) is 0 Å². The first kappa shape index (κ1) is 18.8.